The Balaban J connectivity index is 1.55. The van der Waals surface area contributed by atoms with Crippen LogP contribution in [-0.4, -0.2) is 23.9 Å². The number of carbonyl (C=O) groups excluding carboxylic acids is 1. The minimum atomic E-state index is -0.272. The lowest BCUT2D eigenvalue weighted by Crippen LogP contribution is -2.42. The Hall–Kier alpha value is -2.13. The molecule has 4 rings (SSSR count). The molecule has 0 radical (unpaired) electrons. The molecule has 1 N–H and O–H groups in total. The molecule has 1 saturated heterocycles. The highest BCUT2D eigenvalue weighted by molar-refractivity contribution is 5.84. The molecular formula is C22H26N2O. The summed E-state index contributed by atoms with van der Waals surface area (Å²) in [6, 6.07) is 15.2. The van der Waals surface area contributed by atoms with Crippen molar-refractivity contribution < 1.29 is 4.79 Å². The first-order valence-electron chi connectivity index (χ1n) is 9.19. The van der Waals surface area contributed by atoms with E-state index in [1.807, 2.05) is 0 Å². The third-order valence-corrected chi connectivity index (χ3v) is 5.69. The van der Waals surface area contributed by atoms with E-state index in [0.29, 0.717) is 6.54 Å². The van der Waals surface area contributed by atoms with Crippen LogP contribution in [0.25, 0.3) is 0 Å². The molecule has 0 aliphatic carbocycles. The van der Waals surface area contributed by atoms with Gasteiger partial charge in [-0.25, -0.2) is 0 Å². The molecule has 130 valence electrons. The lowest BCUT2D eigenvalue weighted by molar-refractivity contribution is -0.130. The van der Waals surface area contributed by atoms with E-state index >= 15 is 0 Å². The molecule has 0 aromatic heterocycles. The van der Waals surface area contributed by atoms with E-state index in [-0.39, 0.29) is 11.3 Å². The maximum Gasteiger partial charge on any atom is 0.228 e. The van der Waals surface area contributed by atoms with Gasteiger partial charge in [-0.15, -0.1) is 0 Å². The lowest BCUT2D eigenvalue weighted by Gasteiger charge is -2.26. The molecule has 2 aliphatic heterocycles. The summed E-state index contributed by atoms with van der Waals surface area (Å²) >= 11 is 0. The van der Waals surface area contributed by atoms with E-state index in [2.05, 4.69) is 66.5 Å². The Kier molecular flexibility index (Phi) is 4.12. The second kappa shape index (κ2) is 6.30. The fourth-order valence-corrected chi connectivity index (χ4v) is 4.55. The second-order valence-electron chi connectivity index (χ2n) is 7.87. The van der Waals surface area contributed by atoms with Gasteiger partial charge in [-0.1, -0.05) is 53.6 Å². The third-order valence-electron chi connectivity index (χ3n) is 5.69. The van der Waals surface area contributed by atoms with Crippen LogP contribution in [0.2, 0.25) is 0 Å². The quantitative estimate of drug-likeness (QED) is 0.913. The van der Waals surface area contributed by atoms with Crippen LogP contribution in [0, 0.1) is 19.3 Å². The van der Waals surface area contributed by atoms with Crippen molar-refractivity contribution in [2.24, 2.45) is 5.41 Å². The summed E-state index contributed by atoms with van der Waals surface area (Å²) in [7, 11) is 0. The maximum atomic E-state index is 12.9. The topological polar surface area (TPSA) is 32.3 Å². The molecule has 2 aromatic carbocycles. The summed E-state index contributed by atoms with van der Waals surface area (Å²) in [5.74, 6) is 0.228. The van der Waals surface area contributed by atoms with Crippen LogP contribution >= 0.6 is 0 Å². The normalized spacial score (nSPS) is 23.4. The zero-order valence-corrected chi connectivity index (χ0v) is 15.1. The van der Waals surface area contributed by atoms with Crippen LogP contribution in [0.1, 0.15) is 34.2 Å². The molecular weight excluding hydrogens is 308 g/mol. The van der Waals surface area contributed by atoms with E-state index in [1.165, 1.54) is 27.8 Å². The number of rotatable bonds is 2. The maximum absolute atomic E-state index is 12.9. The van der Waals surface area contributed by atoms with E-state index in [9.17, 15) is 4.79 Å². The number of hydrogen-bond donors (Lipinski definition) is 1. The summed E-state index contributed by atoms with van der Waals surface area (Å²) in [5.41, 5.74) is 6.29. The Labute approximate surface area is 150 Å². The van der Waals surface area contributed by atoms with Crippen molar-refractivity contribution in [2.45, 2.75) is 39.8 Å². The van der Waals surface area contributed by atoms with Gasteiger partial charge in [0.15, 0.2) is 0 Å². The van der Waals surface area contributed by atoms with Gasteiger partial charge in [0, 0.05) is 19.6 Å². The Bertz CT molecular complexity index is 793. The molecule has 1 unspecified atom stereocenters. The largest absolute Gasteiger partial charge is 0.351 e. The molecule has 3 nitrogen and oxygen atoms in total. The van der Waals surface area contributed by atoms with Crippen molar-refractivity contribution in [2.75, 3.05) is 13.1 Å². The molecule has 2 heterocycles. The first-order chi connectivity index (χ1) is 12.0. The standard InChI is InChI=1S/C22H26N2O/c1-16-9-17(2)11-18(10-16)14-24-8-7-22(15-24)12-19-5-3-4-6-20(19)13-23-21(22)25/h3-6,9-11H,7-8,12-15H2,1-2H3,(H,23,25). The lowest BCUT2D eigenvalue weighted by atomic mass is 9.80. The van der Waals surface area contributed by atoms with Crippen LogP contribution < -0.4 is 5.32 Å². The van der Waals surface area contributed by atoms with Gasteiger partial charge in [0.2, 0.25) is 5.91 Å². The number of amides is 1. The van der Waals surface area contributed by atoms with Crippen molar-refractivity contribution in [1.82, 2.24) is 10.2 Å². The highest BCUT2D eigenvalue weighted by Crippen LogP contribution is 2.37. The number of aryl methyl sites for hydroxylation is 2. The Morgan fingerprint density at radius 1 is 1.08 bits per heavy atom. The number of nitrogens with one attached hydrogen (secondary N) is 1. The fraction of sp³-hybridized carbons (Fsp3) is 0.409. The van der Waals surface area contributed by atoms with Gasteiger partial charge < -0.3 is 5.32 Å². The highest BCUT2D eigenvalue weighted by Gasteiger charge is 2.45. The third kappa shape index (κ3) is 3.21. The first-order valence-corrected chi connectivity index (χ1v) is 9.19. The number of benzene rings is 2. The number of carbonyl (C=O) groups is 1. The molecule has 2 aliphatic rings. The second-order valence-corrected chi connectivity index (χ2v) is 7.87. The van der Waals surface area contributed by atoms with Gasteiger partial charge in [0.1, 0.15) is 0 Å². The SMILES string of the molecule is Cc1cc(C)cc(CN2CCC3(Cc4ccccc4CNC3=O)C2)c1. The number of nitrogens with zero attached hydrogens (tertiary/aromatic N) is 1. The number of fused-ring (bicyclic) bond motifs is 1. The molecule has 1 amide bonds. The van der Waals surface area contributed by atoms with Gasteiger partial charge in [-0.05, 0) is 49.9 Å². The molecule has 3 heteroatoms. The first kappa shape index (κ1) is 16.3. The van der Waals surface area contributed by atoms with Gasteiger partial charge in [0.05, 0.1) is 5.41 Å². The van der Waals surface area contributed by atoms with Crippen molar-refractivity contribution in [1.29, 1.82) is 0 Å². The number of likely N-dealkylation sites (tertiary alicyclic amines) is 1. The highest BCUT2D eigenvalue weighted by atomic mass is 16.2. The summed E-state index contributed by atoms with van der Waals surface area (Å²) in [6.45, 7) is 7.73. The van der Waals surface area contributed by atoms with Crippen LogP contribution in [0.3, 0.4) is 0 Å². The molecule has 25 heavy (non-hydrogen) atoms. The summed E-state index contributed by atoms with van der Waals surface area (Å²) in [5, 5.41) is 3.17. The Morgan fingerprint density at radius 2 is 1.80 bits per heavy atom. The van der Waals surface area contributed by atoms with E-state index in [1.54, 1.807) is 0 Å². The zero-order valence-electron chi connectivity index (χ0n) is 15.1. The van der Waals surface area contributed by atoms with E-state index < -0.39 is 0 Å². The number of hydrogen-bond acceptors (Lipinski definition) is 2. The van der Waals surface area contributed by atoms with Gasteiger partial charge in [-0.3, -0.25) is 9.69 Å². The van der Waals surface area contributed by atoms with Crippen molar-refractivity contribution >= 4 is 5.91 Å². The van der Waals surface area contributed by atoms with Crippen molar-refractivity contribution in [3.05, 3.63) is 70.3 Å². The monoisotopic (exact) mass is 334 g/mol. The van der Waals surface area contributed by atoms with Crippen molar-refractivity contribution in [3.8, 4) is 0 Å². The van der Waals surface area contributed by atoms with Gasteiger partial charge in [0.25, 0.3) is 0 Å². The van der Waals surface area contributed by atoms with E-state index in [0.717, 1.165) is 32.5 Å². The molecule has 2 aromatic rings. The fourth-order valence-electron chi connectivity index (χ4n) is 4.55. The predicted molar refractivity (Wildman–Crippen MR) is 100 cm³/mol. The molecule has 0 saturated carbocycles. The molecule has 1 spiro atoms. The Morgan fingerprint density at radius 3 is 2.56 bits per heavy atom. The average Bonchev–Trinajstić information content (AvgIpc) is 2.90. The predicted octanol–water partition coefficient (Wildman–Crippen LogP) is 3.37. The van der Waals surface area contributed by atoms with Gasteiger partial charge >= 0.3 is 0 Å². The molecule has 1 atom stereocenters. The van der Waals surface area contributed by atoms with Crippen molar-refractivity contribution in [3.63, 3.8) is 0 Å². The minimum absolute atomic E-state index is 0.228. The summed E-state index contributed by atoms with van der Waals surface area (Å²) in [4.78, 5) is 15.3. The summed E-state index contributed by atoms with van der Waals surface area (Å²) < 4.78 is 0. The van der Waals surface area contributed by atoms with Crippen LogP contribution in [-0.2, 0) is 24.3 Å². The van der Waals surface area contributed by atoms with E-state index in [4.69, 9.17) is 0 Å². The summed E-state index contributed by atoms with van der Waals surface area (Å²) in [6.07, 6.45) is 1.80. The molecule has 0 bridgehead atoms. The van der Waals surface area contributed by atoms with Gasteiger partial charge in [-0.2, -0.15) is 0 Å². The molecule has 1 fully saturated rings. The zero-order chi connectivity index (χ0) is 17.4. The van der Waals surface area contributed by atoms with Crippen LogP contribution in [0.15, 0.2) is 42.5 Å². The average molecular weight is 334 g/mol. The minimum Gasteiger partial charge on any atom is -0.351 e. The van der Waals surface area contributed by atoms with Crippen LogP contribution in [0.5, 0.6) is 0 Å². The van der Waals surface area contributed by atoms with Crippen LogP contribution in [0.4, 0.5) is 0 Å². The smallest absolute Gasteiger partial charge is 0.228 e.